The molecule has 2 heteroatoms. The van der Waals surface area contributed by atoms with Gasteiger partial charge in [0.25, 0.3) is 0 Å². The minimum Gasteiger partial charge on any atom is -0.312 e. The van der Waals surface area contributed by atoms with Crippen molar-refractivity contribution in [3.8, 4) is 0 Å². The number of nitrogens with zero attached hydrogens (tertiary/aromatic N) is 1. The number of hydrogen-bond donors (Lipinski definition) is 1. The molecular formula is C13H30N2. The van der Waals surface area contributed by atoms with Crippen LogP contribution in [0.5, 0.6) is 0 Å². The highest BCUT2D eigenvalue weighted by Gasteiger charge is 2.24. The molecule has 1 atom stereocenters. The zero-order valence-electron chi connectivity index (χ0n) is 11.6. The predicted molar refractivity (Wildman–Crippen MR) is 69.3 cm³/mol. The Balaban J connectivity index is 4.04. The summed E-state index contributed by atoms with van der Waals surface area (Å²) in [5.41, 5.74) is 0.344. The summed E-state index contributed by atoms with van der Waals surface area (Å²) in [4.78, 5) is 2.45. The first kappa shape index (κ1) is 14.9. The summed E-state index contributed by atoms with van der Waals surface area (Å²) in [5.74, 6) is 0. The van der Waals surface area contributed by atoms with E-state index in [1.165, 1.54) is 19.4 Å². The van der Waals surface area contributed by atoms with Crippen molar-refractivity contribution in [3.63, 3.8) is 0 Å². The van der Waals surface area contributed by atoms with Crippen LogP contribution in [0.2, 0.25) is 0 Å². The Bertz CT molecular complexity index is 149. The van der Waals surface area contributed by atoms with Gasteiger partial charge in [0.15, 0.2) is 0 Å². The van der Waals surface area contributed by atoms with Crippen molar-refractivity contribution in [3.05, 3.63) is 0 Å². The molecule has 0 saturated carbocycles. The molecule has 2 nitrogen and oxygen atoms in total. The van der Waals surface area contributed by atoms with Crippen molar-refractivity contribution in [1.82, 2.24) is 10.2 Å². The molecule has 0 rings (SSSR count). The average molecular weight is 214 g/mol. The molecule has 0 aromatic carbocycles. The smallest absolute Gasteiger partial charge is 0.0243 e. The molecule has 1 unspecified atom stereocenters. The summed E-state index contributed by atoms with van der Waals surface area (Å²) in [5, 5.41) is 3.59. The second-order valence-electron chi connectivity index (χ2n) is 5.59. The molecule has 0 radical (unpaired) electrons. The van der Waals surface area contributed by atoms with Crippen LogP contribution in [0.3, 0.4) is 0 Å². The minimum absolute atomic E-state index is 0.344. The van der Waals surface area contributed by atoms with Gasteiger partial charge >= 0.3 is 0 Å². The minimum atomic E-state index is 0.344. The fraction of sp³-hybridized carbons (Fsp3) is 1.00. The summed E-state index contributed by atoms with van der Waals surface area (Å²) in [6.45, 7) is 14.8. The van der Waals surface area contributed by atoms with E-state index < -0.39 is 0 Å². The average Bonchev–Trinajstić information content (AvgIpc) is 2.12. The van der Waals surface area contributed by atoms with E-state index >= 15 is 0 Å². The first-order valence-electron chi connectivity index (χ1n) is 6.33. The summed E-state index contributed by atoms with van der Waals surface area (Å²) in [6.07, 6.45) is 2.59. The van der Waals surface area contributed by atoms with E-state index in [0.29, 0.717) is 11.5 Å². The van der Waals surface area contributed by atoms with Gasteiger partial charge in [-0.2, -0.15) is 0 Å². The van der Waals surface area contributed by atoms with Crippen LogP contribution in [0.25, 0.3) is 0 Å². The normalized spacial score (nSPS) is 14.6. The van der Waals surface area contributed by atoms with E-state index in [1.54, 1.807) is 0 Å². The van der Waals surface area contributed by atoms with Gasteiger partial charge in [-0.05, 0) is 32.0 Å². The number of likely N-dealkylation sites (N-methyl/N-ethyl adjacent to an activating group) is 2. The van der Waals surface area contributed by atoms with Crippen LogP contribution >= 0.6 is 0 Å². The van der Waals surface area contributed by atoms with E-state index in [1.807, 2.05) is 0 Å². The Kier molecular flexibility index (Phi) is 7.20. The van der Waals surface area contributed by atoms with Crippen LogP contribution in [0, 0.1) is 5.41 Å². The van der Waals surface area contributed by atoms with Gasteiger partial charge in [-0.1, -0.05) is 41.0 Å². The number of nitrogens with one attached hydrogen (secondary N) is 1. The maximum atomic E-state index is 3.59. The molecule has 1 N–H and O–H groups in total. The van der Waals surface area contributed by atoms with Gasteiger partial charge < -0.3 is 10.2 Å². The fourth-order valence-electron chi connectivity index (χ4n) is 1.72. The van der Waals surface area contributed by atoms with E-state index in [2.05, 4.69) is 51.9 Å². The van der Waals surface area contributed by atoms with Gasteiger partial charge in [-0.25, -0.2) is 0 Å². The molecule has 0 fully saturated rings. The van der Waals surface area contributed by atoms with Crippen molar-refractivity contribution >= 4 is 0 Å². The van der Waals surface area contributed by atoms with Gasteiger partial charge in [0, 0.05) is 12.6 Å². The topological polar surface area (TPSA) is 15.3 Å². The first-order valence-corrected chi connectivity index (χ1v) is 6.33. The lowest BCUT2D eigenvalue weighted by Crippen LogP contribution is -2.47. The molecule has 0 saturated heterocycles. The van der Waals surface area contributed by atoms with Crippen LogP contribution in [0.15, 0.2) is 0 Å². The highest BCUT2D eigenvalue weighted by molar-refractivity contribution is 4.82. The van der Waals surface area contributed by atoms with Crippen molar-refractivity contribution in [2.75, 3.05) is 26.7 Å². The van der Waals surface area contributed by atoms with Gasteiger partial charge in [0.05, 0.1) is 0 Å². The first-order chi connectivity index (χ1) is 6.91. The predicted octanol–water partition coefficient (Wildman–Crippen LogP) is 2.74. The van der Waals surface area contributed by atoms with E-state index in [0.717, 1.165) is 13.1 Å². The zero-order chi connectivity index (χ0) is 11.9. The Morgan fingerprint density at radius 1 is 1.20 bits per heavy atom. The van der Waals surface area contributed by atoms with Crippen LogP contribution in [0.1, 0.15) is 47.5 Å². The summed E-state index contributed by atoms with van der Waals surface area (Å²) >= 11 is 0. The van der Waals surface area contributed by atoms with Gasteiger partial charge in [-0.3, -0.25) is 0 Å². The maximum Gasteiger partial charge on any atom is 0.0243 e. The molecule has 0 heterocycles. The van der Waals surface area contributed by atoms with E-state index in [-0.39, 0.29) is 0 Å². The largest absolute Gasteiger partial charge is 0.312 e. The van der Waals surface area contributed by atoms with Crippen molar-refractivity contribution in [1.29, 1.82) is 0 Å². The second-order valence-corrected chi connectivity index (χ2v) is 5.59. The SMILES string of the molecule is CCCCN(C)CC(NCC)C(C)(C)C. The third-order valence-electron chi connectivity index (χ3n) is 2.88. The molecule has 92 valence electrons. The molecule has 0 aliphatic rings. The van der Waals surface area contributed by atoms with E-state index in [4.69, 9.17) is 0 Å². The van der Waals surface area contributed by atoms with Gasteiger partial charge in [0.2, 0.25) is 0 Å². The molecule has 0 aromatic rings. The third kappa shape index (κ3) is 6.91. The molecule has 0 bridgehead atoms. The van der Waals surface area contributed by atoms with Crippen LogP contribution < -0.4 is 5.32 Å². The molecule has 0 amide bonds. The van der Waals surface area contributed by atoms with Crippen molar-refractivity contribution in [2.45, 2.75) is 53.5 Å². The lowest BCUT2D eigenvalue weighted by Gasteiger charge is -2.34. The molecular weight excluding hydrogens is 184 g/mol. The summed E-state index contributed by atoms with van der Waals surface area (Å²) < 4.78 is 0. The third-order valence-corrected chi connectivity index (χ3v) is 2.88. The van der Waals surface area contributed by atoms with Crippen LogP contribution in [-0.4, -0.2) is 37.6 Å². The van der Waals surface area contributed by atoms with Gasteiger partial charge in [-0.15, -0.1) is 0 Å². The van der Waals surface area contributed by atoms with Gasteiger partial charge in [0.1, 0.15) is 0 Å². The lowest BCUT2D eigenvalue weighted by molar-refractivity contribution is 0.195. The monoisotopic (exact) mass is 214 g/mol. The van der Waals surface area contributed by atoms with Crippen LogP contribution in [-0.2, 0) is 0 Å². The highest BCUT2D eigenvalue weighted by Crippen LogP contribution is 2.19. The molecule has 0 aliphatic heterocycles. The number of hydrogen-bond acceptors (Lipinski definition) is 2. The zero-order valence-corrected chi connectivity index (χ0v) is 11.6. The van der Waals surface area contributed by atoms with Crippen LogP contribution in [0.4, 0.5) is 0 Å². The number of unbranched alkanes of at least 4 members (excludes halogenated alkanes) is 1. The quantitative estimate of drug-likeness (QED) is 0.701. The second kappa shape index (κ2) is 7.24. The number of rotatable bonds is 7. The standard InChI is InChI=1S/C13H30N2/c1-7-9-10-15(6)11-12(14-8-2)13(3,4)5/h12,14H,7-11H2,1-6H3. The summed E-state index contributed by atoms with van der Waals surface area (Å²) in [7, 11) is 2.23. The van der Waals surface area contributed by atoms with Crippen molar-refractivity contribution < 1.29 is 0 Å². The Morgan fingerprint density at radius 2 is 1.80 bits per heavy atom. The molecule has 15 heavy (non-hydrogen) atoms. The lowest BCUT2D eigenvalue weighted by atomic mass is 9.86. The highest BCUT2D eigenvalue weighted by atomic mass is 15.1. The Hall–Kier alpha value is -0.0800. The van der Waals surface area contributed by atoms with E-state index in [9.17, 15) is 0 Å². The Labute approximate surface area is 96.4 Å². The Morgan fingerprint density at radius 3 is 2.20 bits per heavy atom. The molecule has 0 aromatic heterocycles. The van der Waals surface area contributed by atoms with Crippen molar-refractivity contribution in [2.24, 2.45) is 5.41 Å². The maximum absolute atomic E-state index is 3.59. The molecule has 0 spiro atoms. The summed E-state index contributed by atoms with van der Waals surface area (Å²) in [6, 6.07) is 0.587. The molecule has 0 aliphatic carbocycles. The fourth-order valence-corrected chi connectivity index (χ4v) is 1.72.